The SMILES string of the molecule is CS(=O)(=O)N(CC#N)c1ccc(-c2ccnc(Nc3ccc(N4CCC(C(=O)SCF)CC4)cc3)n2)cc1. The molecule has 0 saturated carbocycles. The topological polar surface area (TPSA) is 119 Å². The highest BCUT2D eigenvalue weighted by molar-refractivity contribution is 8.13. The minimum Gasteiger partial charge on any atom is -0.371 e. The largest absolute Gasteiger partial charge is 0.371 e. The van der Waals surface area contributed by atoms with E-state index in [0.717, 1.165) is 65.2 Å². The maximum absolute atomic E-state index is 12.4. The minimum atomic E-state index is -3.57. The highest BCUT2D eigenvalue weighted by Crippen LogP contribution is 2.28. The molecule has 38 heavy (non-hydrogen) atoms. The highest BCUT2D eigenvalue weighted by atomic mass is 32.2. The molecule has 1 aromatic heterocycles. The number of nitrogens with zero attached hydrogens (tertiary/aromatic N) is 5. The third kappa shape index (κ3) is 6.79. The molecular formula is C26H27FN6O3S2. The number of nitriles is 1. The van der Waals surface area contributed by atoms with Crippen molar-refractivity contribution in [1.29, 1.82) is 5.26 Å². The van der Waals surface area contributed by atoms with Crippen LogP contribution in [0.5, 0.6) is 0 Å². The molecule has 9 nitrogen and oxygen atoms in total. The molecule has 0 atom stereocenters. The summed E-state index contributed by atoms with van der Waals surface area (Å²) in [5.74, 6) is 0.330. The summed E-state index contributed by atoms with van der Waals surface area (Å²) in [6, 6.07) is 17.6. The Morgan fingerprint density at radius 3 is 2.45 bits per heavy atom. The lowest BCUT2D eigenvalue weighted by Crippen LogP contribution is -2.35. The summed E-state index contributed by atoms with van der Waals surface area (Å²) in [6.07, 6.45) is 4.14. The van der Waals surface area contributed by atoms with Crippen molar-refractivity contribution in [3.05, 3.63) is 60.8 Å². The van der Waals surface area contributed by atoms with Crippen molar-refractivity contribution in [2.24, 2.45) is 5.92 Å². The number of halogens is 1. The molecule has 2 heterocycles. The molecule has 1 aliphatic rings. The number of hydrogen-bond acceptors (Lipinski definition) is 9. The fraction of sp³-hybridized carbons (Fsp3) is 0.308. The van der Waals surface area contributed by atoms with Gasteiger partial charge in [-0.25, -0.2) is 22.8 Å². The summed E-state index contributed by atoms with van der Waals surface area (Å²) in [5, 5.41) is 12.1. The number of anilines is 4. The Morgan fingerprint density at radius 2 is 1.84 bits per heavy atom. The smallest absolute Gasteiger partial charge is 0.233 e. The van der Waals surface area contributed by atoms with Crippen molar-refractivity contribution in [2.45, 2.75) is 12.8 Å². The second-order valence-corrected chi connectivity index (χ2v) is 11.6. The van der Waals surface area contributed by atoms with Gasteiger partial charge in [0.1, 0.15) is 12.6 Å². The molecule has 198 valence electrons. The zero-order chi connectivity index (χ0) is 27.1. The van der Waals surface area contributed by atoms with Crippen LogP contribution in [0.2, 0.25) is 0 Å². The van der Waals surface area contributed by atoms with E-state index in [1.807, 2.05) is 30.3 Å². The molecule has 0 radical (unpaired) electrons. The molecular weight excluding hydrogens is 527 g/mol. The van der Waals surface area contributed by atoms with Gasteiger partial charge < -0.3 is 10.2 Å². The Labute approximate surface area is 225 Å². The summed E-state index contributed by atoms with van der Waals surface area (Å²) in [7, 11) is -3.57. The van der Waals surface area contributed by atoms with E-state index < -0.39 is 16.0 Å². The van der Waals surface area contributed by atoms with E-state index in [9.17, 15) is 17.6 Å². The van der Waals surface area contributed by atoms with Crippen LogP contribution in [-0.4, -0.2) is 55.4 Å². The number of thioether (sulfide) groups is 1. The van der Waals surface area contributed by atoms with Gasteiger partial charge in [0, 0.05) is 42.1 Å². The standard InChI is InChI=1S/C26H27FN6O3S2/c1-38(35,36)33(17-13-28)23-6-2-19(3-7-23)24-10-14-29-26(31-24)30-21-4-8-22(9-5-21)32-15-11-20(12-16-32)25(34)37-18-27/h2-10,14,20H,11-12,15-18H2,1H3,(H,29,30,31). The van der Waals surface area contributed by atoms with Gasteiger partial charge in [-0.2, -0.15) is 5.26 Å². The number of rotatable bonds is 9. The van der Waals surface area contributed by atoms with E-state index in [1.54, 1.807) is 36.5 Å². The normalized spacial score (nSPS) is 14.1. The number of carbonyl (C=O) groups is 1. The predicted molar refractivity (Wildman–Crippen MR) is 149 cm³/mol. The van der Waals surface area contributed by atoms with Crippen molar-refractivity contribution in [1.82, 2.24) is 9.97 Å². The third-order valence-electron chi connectivity index (χ3n) is 6.23. The monoisotopic (exact) mass is 554 g/mol. The van der Waals surface area contributed by atoms with Crippen LogP contribution in [-0.2, 0) is 14.8 Å². The second-order valence-electron chi connectivity index (χ2n) is 8.75. The van der Waals surface area contributed by atoms with Gasteiger partial charge in [0.2, 0.25) is 16.0 Å². The fourth-order valence-corrected chi connectivity index (χ4v) is 5.65. The van der Waals surface area contributed by atoms with Gasteiger partial charge in [-0.3, -0.25) is 9.10 Å². The molecule has 0 amide bonds. The Bertz CT molecular complexity index is 1400. The molecule has 1 N–H and O–H groups in total. The van der Waals surface area contributed by atoms with E-state index in [2.05, 4.69) is 20.2 Å². The van der Waals surface area contributed by atoms with Crippen LogP contribution < -0.4 is 14.5 Å². The highest BCUT2D eigenvalue weighted by Gasteiger charge is 2.25. The average Bonchev–Trinajstić information content (AvgIpc) is 2.92. The summed E-state index contributed by atoms with van der Waals surface area (Å²) in [5.41, 5.74) is 3.69. The summed E-state index contributed by atoms with van der Waals surface area (Å²) in [6.45, 7) is 1.23. The van der Waals surface area contributed by atoms with E-state index in [-0.39, 0.29) is 17.6 Å². The Balaban J connectivity index is 1.40. The van der Waals surface area contributed by atoms with Crippen LogP contribution in [0.1, 0.15) is 12.8 Å². The Hall–Kier alpha value is -3.69. The van der Waals surface area contributed by atoms with Crippen LogP contribution in [0, 0.1) is 17.2 Å². The van der Waals surface area contributed by atoms with E-state index in [4.69, 9.17) is 5.26 Å². The minimum absolute atomic E-state index is 0.0558. The van der Waals surface area contributed by atoms with E-state index in [1.165, 1.54) is 0 Å². The van der Waals surface area contributed by atoms with Crippen LogP contribution in [0.25, 0.3) is 11.3 Å². The lowest BCUT2D eigenvalue weighted by Gasteiger charge is -2.32. The van der Waals surface area contributed by atoms with E-state index in [0.29, 0.717) is 17.3 Å². The lowest BCUT2D eigenvalue weighted by molar-refractivity contribution is -0.114. The van der Waals surface area contributed by atoms with Gasteiger partial charge in [-0.05, 0) is 55.3 Å². The number of hydrogen-bond donors (Lipinski definition) is 1. The zero-order valence-corrected chi connectivity index (χ0v) is 22.4. The number of sulfonamides is 1. The van der Waals surface area contributed by atoms with Crippen molar-refractivity contribution in [3.63, 3.8) is 0 Å². The van der Waals surface area contributed by atoms with E-state index >= 15 is 0 Å². The van der Waals surface area contributed by atoms with Crippen molar-refractivity contribution in [2.75, 3.05) is 46.4 Å². The number of benzene rings is 2. The van der Waals surface area contributed by atoms with Crippen molar-refractivity contribution in [3.8, 4) is 17.3 Å². The zero-order valence-electron chi connectivity index (χ0n) is 20.7. The maximum Gasteiger partial charge on any atom is 0.233 e. The van der Waals surface area contributed by atoms with Crippen LogP contribution in [0.3, 0.4) is 0 Å². The molecule has 0 aliphatic carbocycles. The number of alkyl halides is 1. The first kappa shape index (κ1) is 27.3. The number of aromatic nitrogens is 2. The molecule has 1 aliphatic heterocycles. The van der Waals surface area contributed by atoms with Gasteiger partial charge in [0.25, 0.3) is 0 Å². The Morgan fingerprint density at radius 1 is 1.16 bits per heavy atom. The fourth-order valence-electron chi connectivity index (χ4n) is 4.27. The predicted octanol–water partition coefficient (Wildman–Crippen LogP) is 4.58. The molecule has 2 aromatic carbocycles. The number of carbonyl (C=O) groups excluding carboxylic acids is 1. The molecule has 1 fully saturated rings. The van der Waals surface area contributed by atoms with Gasteiger partial charge >= 0.3 is 0 Å². The molecule has 12 heteroatoms. The van der Waals surface area contributed by atoms with Gasteiger partial charge in [0.15, 0.2) is 5.12 Å². The Kier molecular flexibility index (Phi) is 8.81. The van der Waals surface area contributed by atoms with Crippen LogP contribution in [0.4, 0.5) is 27.4 Å². The molecule has 4 rings (SSSR count). The van der Waals surface area contributed by atoms with Gasteiger partial charge in [0.05, 0.1) is 23.7 Å². The molecule has 0 unspecified atom stereocenters. The molecule has 0 bridgehead atoms. The van der Waals surface area contributed by atoms with Gasteiger partial charge in [-0.15, -0.1) is 0 Å². The van der Waals surface area contributed by atoms with Crippen LogP contribution in [0.15, 0.2) is 60.8 Å². The number of nitrogens with one attached hydrogen (secondary N) is 1. The van der Waals surface area contributed by atoms with Crippen molar-refractivity contribution >= 4 is 49.9 Å². The quantitative estimate of drug-likeness (QED) is 0.379. The summed E-state index contributed by atoms with van der Waals surface area (Å²) >= 11 is 0.763. The van der Waals surface area contributed by atoms with Gasteiger partial charge in [-0.1, -0.05) is 23.9 Å². The third-order valence-corrected chi connectivity index (χ3v) is 8.10. The number of piperidine rings is 1. The molecule has 1 saturated heterocycles. The first-order valence-corrected chi connectivity index (χ1v) is 14.7. The van der Waals surface area contributed by atoms with Crippen molar-refractivity contribution < 1.29 is 17.6 Å². The first-order valence-electron chi connectivity index (χ1n) is 11.9. The first-order chi connectivity index (χ1) is 18.3. The lowest BCUT2D eigenvalue weighted by atomic mass is 9.98. The second kappa shape index (κ2) is 12.2. The summed E-state index contributed by atoms with van der Waals surface area (Å²) < 4.78 is 37.4. The van der Waals surface area contributed by atoms with Crippen LogP contribution >= 0.6 is 11.8 Å². The maximum atomic E-state index is 12.4. The molecule has 3 aromatic rings. The summed E-state index contributed by atoms with van der Waals surface area (Å²) in [4.78, 5) is 23.0. The average molecular weight is 555 g/mol. The molecule has 0 spiro atoms.